The first-order valence-corrected chi connectivity index (χ1v) is 9.81. The highest BCUT2D eigenvalue weighted by Gasteiger charge is 2.28. The SMILES string of the molecule is CC[NH+]1CCN(S(=O)(=O)CCNC(=O)c2ccc(OC)cc2)CC1. The van der Waals surface area contributed by atoms with Crippen LogP contribution in [0.4, 0.5) is 0 Å². The van der Waals surface area contributed by atoms with Gasteiger partial charge in [-0.3, -0.25) is 4.79 Å². The van der Waals surface area contributed by atoms with Gasteiger partial charge >= 0.3 is 0 Å². The molecule has 0 aromatic heterocycles. The minimum absolute atomic E-state index is 0.0731. The van der Waals surface area contributed by atoms with E-state index in [9.17, 15) is 13.2 Å². The molecule has 1 fully saturated rings. The molecule has 1 aromatic rings. The van der Waals surface area contributed by atoms with E-state index in [-0.39, 0.29) is 18.2 Å². The van der Waals surface area contributed by atoms with Crippen LogP contribution >= 0.6 is 0 Å². The van der Waals surface area contributed by atoms with Gasteiger partial charge in [0, 0.05) is 12.1 Å². The zero-order chi connectivity index (χ0) is 17.6. The number of ether oxygens (including phenoxy) is 1. The van der Waals surface area contributed by atoms with Crippen LogP contribution in [0.1, 0.15) is 17.3 Å². The van der Waals surface area contributed by atoms with E-state index in [1.54, 1.807) is 31.4 Å². The summed E-state index contributed by atoms with van der Waals surface area (Å²) in [6.45, 7) is 6.02. The van der Waals surface area contributed by atoms with Crippen molar-refractivity contribution in [3.8, 4) is 5.75 Å². The maximum absolute atomic E-state index is 12.3. The highest BCUT2D eigenvalue weighted by Crippen LogP contribution is 2.11. The number of carbonyl (C=O) groups excluding carboxylic acids is 1. The Labute approximate surface area is 143 Å². The van der Waals surface area contributed by atoms with Crippen molar-refractivity contribution >= 4 is 15.9 Å². The van der Waals surface area contributed by atoms with E-state index in [1.165, 1.54) is 9.21 Å². The second-order valence-electron chi connectivity index (χ2n) is 5.80. The van der Waals surface area contributed by atoms with Crippen molar-refractivity contribution in [1.82, 2.24) is 9.62 Å². The molecule has 0 saturated carbocycles. The van der Waals surface area contributed by atoms with Gasteiger partial charge in [-0.05, 0) is 31.2 Å². The molecule has 8 heteroatoms. The Hall–Kier alpha value is -1.64. The molecule has 24 heavy (non-hydrogen) atoms. The second-order valence-corrected chi connectivity index (χ2v) is 7.89. The maximum atomic E-state index is 12.3. The zero-order valence-electron chi connectivity index (χ0n) is 14.2. The van der Waals surface area contributed by atoms with Gasteiger partial charge in [-0.25, -0.2) is 8.42 Å². The molecule has 0 atom stereocenters. The number of hydrogen-bond acceptors (Lipinski definition) is 4. The minimum Gasteiger partial charge on any atom is -0.497 e. The van der Waals surface area contributed by atoms with Crippen molar-refractivity contribution < 1.29 is 22.8 Å². The van der Waals surface area contributed by atoms with Crippen LogP contribution in [0.3, 0.4) is 0 Å². The van der Waals surface area contributed by atoms with E-state index >= 15 is 0 Å². The Morgan fingerprint density at radius 3 is 2.42 bits per heavy atom. The molecule has 1 aliphatic rings. The second kappa shape index (κ2) is 8.46. The molecule has 1 aromatic carbocycles. The van der Waals surface area contributed by atoms with Crippen LogP contribution in [-0.2, 0) is 10.0 Å². The lowest BCUT2D eigenvalue weighted by atomic mass is 10.2. The number of carbonyl (C=O) groups is 1. The fraction of sp³-hybridized carbons (Fsp3) is 0.562. The van der Waals surface area contributed by atoms with E-state index in [2.05, 4.69) is 12.2 Å². The predicted octanol–water partition coefficient (Wildman–Crippen LogP) is -1.02. The number of methoxy groups -OCH3 is 1. The quantitative estimate of drug-likeness (QED) is 0.655. The monoisotopic (exact) mass is 356 g/mol. The molecule has 2 rings (SSSR count). The standard InChI is InChI=1S/C16H25N3O4S/c1-3-18-9-11-19(12-10-18)24(21,22)13-8-17-16(20)14-4-6-15(23-2)7-5-14/h4-7H,3,8-13H2,1-2H3,(H,17,20)/p+1. The van der Waals surface area contributed by atoms with E-state index in [0.29, 0.717) is 24.4 Å². The van der Waals surface area contributed by atoms with Gasteiger partial charge in [-0.2, -0.15) is 4.31 Å². The highest BCUT2D eigenvalue weighted by atomic mass is 32.2. The van der Waals surface area contributed by atoms with E-state index in [0.717, 1.165) is 19.6 Å². The summed E-state index contributed by atoms with van der Waals surface area (Å²) < 4.78 is 31.2. The van der Waals surface area contributed by atoms with Crippen molar-refractivity contribution in [2.75, 3.05) is 52.1 Å². The van der Waals surface area contributed by atoms with Crippen molar-refractivity contribution in [2.24, 2.45) is 0 Å². The summed E-state index contributed by atoms with van der Waals surface area (Å²) in [4.78, 5) is 13.4. The number of rotatable bonds is 7. The van der Waals surface area contributed by atoms with Gasteiger partial charge < -0.3 is 15.0 Å². The van der Waals surface area contributed by atoms with Gasteiger partial charge in [-0.1, -0.05) is 0 Å². The molecule has 1 amide bonds. The van der Waals surface area contributed by atoms with Crippen molar-refractivity contribution in [1.29, 1.82) is 0 Å². The highest BCUT2D eigenvalue weighted by molar-refractivity contribution is 7.89. The Bertz CT molecular complexity index is 638. The normalized spacial score (nSPS) is 16.8. The number of likely N-dealkylation sites (N-methyl/N-ethyl adjacent to an activating group) is 1. The Balaban J connectivity index is 1.80. The molecule has 7 nitrogen and oxygen atoms in total. The number of piperazine rings is 1. The van der Waals surface area contributed by atoms with Gasteiger partial charge in [0.15, 0.2) is 0 Å². The van der Waals surface area contributed by atoms with Crippen LogP contribution in [0.25, 0.3) is 0 Å². The lowest BCUT2D eigenvalue weighted by Crippen LogP contribution is -3.14. The largest absolute Gasteiger partial charge is 0.497 e. The van der Waals surface area contributed by atoms with Crippen LogP contribution in [0.5, 0.6) is 5.75 Å². The van der Waals surface area contributed by atoms with Crippen molar-refractivity contribution in [3.05, 3.63) is 29.8 Å². The van der Waals surface area contributed by atoms with Crippen LogP contribution in [0.2, 0.25) is 0 Å². The first-order valence-electron chi connectivity index (χ1n) is 8.20. The fourth-order valence-corrected chi connectivity index (χ4v) is 4.06. The molecule has 0 aliphatic carbocycles. The third kappa shape index (κ3) is 4.93. The molecule has 0 unspecified atom stereocenters. The molecule has 0 bridgehead atoms. The Morgan fingerprint density at radius 1 is 1.25 bits per heavy atom. The van der Waals surface area contributed by atoms with Crippen molar-refractivity contribution in [2.45, 2.75) is 6.92 Å². The van der Waals surface area contributed by atoms with Gasteiger partial charge in [0.05, 0.1) is 45.6 Å². The van der Waals surface area contributed by atoms with Gasteiger partial charge in [0.25, 0.3) is 5.91 Å². The number of benzene rings is 1. The van der Waals surface area contributed by atoms with Gasteiger partial charge in [0.1, 0.15) is 5.75 Å². The molecule has 1 saturated heterocycles. The number of hydrogen-bond donors (Lipinski definition) is 2. The number of nitrogens with one attached hydrogen (secondary N) is 2. The smallest absolute Gasteiger partial charge is 0.251 e. The predicted molar refractivity (Wildman–Crippen MR) is 91.9 cm³/mol. The molecular weight excluding hydrogens is 330 g/mol. The van der Waals surface area contributed by atoms with Crippen LogP contribution in [-0.4, -0.2) is 70.8 Å². The average Bonchev–Trinajstić information content (AvgIpc) is 2.61. The molecule has 0 radical (unpaired) electrons. The molecule has 1 aliphatic heterocycles. The third-order valence-corrected chi connectivity index (χ3v) is 6.19. The topological polar surface area (TPSA) is 80.2 Å². The summed E-state index contributed by atoms with van der Waals surface area (Å²) in [5.74, 6) is 0.312. The third-order valence-electron chi connectivity index (χ3n) is 4.32. The summed E-state index contributed by atoms with van der Waals surface area (Å²) in [6.07, 6.45) is 0. The molecular formula is C16H26N3O4S+. The van der Waals surface area contributed by atoms with Crippen LogP contribution < -0.4 is 15.0 Å². The van der Waals surface area contributed by atoms with Gasteiger partial charge in [0.2, 0.25) is 10.0 Å². The first kappa shape index (κ1) is 18.7. The van der Waals surface area contributed by atoms with Crippen LogP contribution in [0.15, 0.2) is 24.3 Å². The minimum atomic E-state index is -3.32. The fourth-order valence-electron chi connectivity index (χ4n) is 2.70. The summed E-state index contributed by atoms with van der Waals surface area (Å²) >= 11 is 0. The average molecular weight is 356 g/mol. The number of quaternary nitrogens is 1. The summed E-state index contributed by atoms with van der Waals surface area (Å²) in [5.41, 5.74) is 0.480. The molecule has 134 valence electrons. The molecule has 1 heterocycles. The lowest BCUT2D eigenvalue weighted by Gasteiger charge is -2.30. The van der Waals surface area contributed by atoms with E-state index in [1.807, 2.05) is 0 Å². The molecule has 2 N–H and O–H groups in total. The van der Waals surface area contributed by atoms with Crippen molar-refractivity contribution in [3.63, 3.8) is 0 Å². The number of nitrogens with zero attached hydrogens (tertiary/aromatic N) is 1. The molecule has 0 spiro atoms. The first-order chi connectivity index (χ1) is 11.5. The van der Waals surface area contributed by atoms with E-state index in [4.69, 9.17) is 4.74 Å². The van der Waals surface area contributed by atoms with E-state index < -0.39 is 10.0 Å². The van der Waals surface area contributed by atoms with Crippen LogP contribution in [0, 0.1) is 0 Å². The number of amides is 1. The summed E-state index contributed by atoms with van der Waals surface area (Å²) in [5, 5.41) is 2.66. The maximum Gasteiger partial charge on any atom is 0.251 e. The summed E-state index contributed by atoms with van der Waals surface area (Å²) in [6, 6.07) is 6.69. The Morgan fingerprint density at radius 2 is 1.88 bits per heavy atom. The summed E-state index contributed by atoms with van der Waals surface area (Å²) in [7, 11) is -1.76. The number of sulfonamides is 1. The van der Waals surface area contributed by atoms with Gasteiger partial charge in [-0.15, -0.1) is 0 Å². The Kier molecular flexibility index (Phi) is 6.59. The lowest BCUT2D eigenvalue weighted by molar-refractivity contribution is -0.901. The zero-order valence-corrected chi connectivity index (χ0v) is 15.1.